The number of benzene rings is 1. The molecule has 0 saturated carbocycles. The Morgan fingerprint density at radius 1 is 1.33 bits per heavy atom. The normalized spacial score (nSPS) is 24.6. The van der Waals surface area contributed by atoms with Gasteiger partial charge in [-0.05, 0) is 43.9 Å². The summed E-state index contributed by atoms with van der Waals surface area (Å²) in [6.07, 6.45) is 1.48. The Balaban J connectivity index is 1.55. The average molecular weight is 394 g/mol. The summed E-state index contributed by atoms with van der Waals surface area (Å²) in [5, 5.41) is 2.81. The van der Waals surface area contributed by atoms with Crippen LogP contribution in [0, 0.1) is 5.92 Å². The highest BCUT2D eigenvalue weighted by Crippen LogP contribution is 2.23. The Hall–Kier alpha value is -1.93. The van der Waals surface area contributed by atoms with Crippen molar-refractivity contribution in [1.82, 2.24) is 4.90 Å². The van der Waals surface area contributed by atoms with Gasteiger partial charge in [-0.15, -0.1) is 0 Å². The summed E-state index contributed by atoms with van der Waals surface area (Å²) in [5.74, 6) is 0.240. The van der Waals surface area contributed by atoms with Gasteiger partial charge in [0.05, 0.1) is 30.8 Å². The Morgan fingerprint density at radius 2 is 2.15 bits per heavy atom. The summed E-state index contributed by atoms with van der Waals surface area (Å²) >= 11 is 0. The fourth-order valence-electron chi connectivity index (χ4n) is 3.58. The third kappa shape index (κ3) is 5.29. The summed E-state index contributed by atoms with van der Waals surface area (Å²) in [4.78, 5) is 26.7. The Morgan fingerprint density at radius 3 is 2.85 bits per heavy atom. The van der Waals surface area contributed by atoms with E-state index in [1.54, 1.807) is 29.2 Å². The van der Waals surface area contributed by atoms with Gasteiger partial charge in [0.15, 0.2) is 9.84 Å². The van der Waals surface area contributed by atoms with Crippen molar-refractivity contribution in [3.63, 3.8) is 0 Å². The maximum absolute atomic E-state index is 12.7. The summed E-state index contributed by atoms with van der Waals surface area (Å²) in [6.45, 7) is 3.56. The van der Waals surface area contributed by atoms with E-state index in [1.165, 1.54) is 0 Å². The third-order valence-electron chi connectivity index (χ3n) is 5.13. The number of sulfone groups is 1. The van der Waals surface area contributed by atoms with Gasteiger partial charge in [0.1, 0.15) is 0 Å². The number of carbonyl (C=O) groups is 2. The van der Waals surface area contributed by atoms with Gasteiger partial charge >= 0.3 is 0 Å². The third-order valence-corrected chi connectivity index (χ3v) is 6.97. The number of nitrogens with zero attached hydrogens (tertiary/aromatic N) is 1. The number of carbonyl (C=O) groups excluding carboxylic acids is 2. The molecule has 2 amide bonds. The Labute approximate surface area is 160 Å². The molecule has 2 aliphatic rings. The molecule has 0 spiro atoms. The lowest BCUT2D eigenvalue weighted by Crippen LogP contribution is -2.47. The molecule has 2 fully saturated rings. The highest BCUT2D eigenvalue weighted by molar-refractivity contribution is 7.91. The van der Waals surface area contributed by atoms with Gasteiger partial charge in [-0.3, -0.25) is 9.59 Å². The van der Waals surface area contributed by atoms with Gasteiger partial charge in [0.2, 0.25) is 5.91 Å². The number of hydrogen-bond acceptors (Lipinski definition) is 5. The van der Waals surface area contributed by atoms with Gasteiger partial charge in [-0.2, -0.15) is 0 Å². The van der Waals surface area contributed by atoms with Crippen LogP contribution in [0.15, 0.2) is 24.3 Å². The van der Waals surface area contributed by atoms with E-state index in [2.05, 4.69) is 5.32 Å². The van der Waals surface area contributed by atoms with E-state index in [0.29, 0.717) is 43.9 Å². The summed E-state index contributed by atoms with van der Waals surface area (Å²) in [7, 11) is -2.92. The summed E-state index contributed by atoms with van der Waals surface area (Å²) in [5.41, 5.74) is 1.11. The topological polar surface area (TPSA) is 92.8 Å². The smallest absolute Gasteiger partial charge is 0.254 e. The van der Waals surface area contributed by atoms with Crippen LogP contribution in [-0.4, -0.2) is 62.4 Å². The standard InChI is InChI=1S/C19H26N2O5S/c1-14-12-26-9-8-21(14)19(23)16-3-2-4-17(11-16)20-18(22)6-5-15-7-10-27(24,25)13-15/h2-4,11,14-15H,5-10,12-13H2,1H3,(H,20,22). The van der Waals surface area contributed by atoms with Crippen LogP contribution in [0.4, 0.5) is 5.69 Å². The molecule has 0 radical (unpaired) electrons. The maximum atomic E-state index is 12.7. The van der Waals surface area contributed by atoms with E-state index < -0.39 is 9.84 Å². The van der Waals surface area contributed by atoms with Crippen molar-refractivity contribution >= 4 is 27.3 Å². The number of hydrogen-bond donors (Lipinski definition) is 1. The first kappa shape index (κ1) is 19.8. The molecule has 1 aromatic rings. The van der Waals surface area contributed by atoms with Gasteiger partial charge < -0.3 is 15.0 Å². The molecule has 1 N–H and O–H groups in total. The molecule has 0 aromatic heterocycles. The van der Waals surface area contributed by atoms with E-state index in [4.69, 9.17) is 4.74 Å². The maximum Gasteiger partial charge on any atom is 0.254 e. The van der Waals surface area contributed by atoms with E-state index in [0.717, 1.165) is 0 Å². The minimum atomic E-state index is -2.92. The van der Waals surface area contributed by atoms with Gasteiger partial charge in [-0.25, -0.2) is 8.42 Å². The molecular weight excluding hydrogens is 368 g/mol. The first-order valence-electron chi connectivity index (χ1n) is 9.33. The number of anilines is 1. The molecule has 0 bridgehead atoms. The molecule has 27 heavy (non-hydrogen) atoms. The molecule has 8 heteroatoms. The first-order valence-corrected chi connectivity index (χ1v) is 11.2. The number of amides is 2. The van der Waals surface area contributed by atoms with Crippen LogP contribution >= 0.6 is 0 Å². The predicted octanol–water partition coefficient (Wildman–Crippen LogP) is 1.70. The minimum absolute atomic E-state index is 0.0205. The second-order valence-corrected chi connectivity index (χ2v) is 9.59. The van der Waals surface area contributed by atoms with Crippen molar-refractivity contribution in [3.8, 4) is 0 Å². The van der Waals surface area contributed by atoms with Crippen molar-refractivity contribution in [2.45, 2.75) is 32.2 Å². The van der Waals surface area contributed by atoms with Gasteiger partial charge in [-0.1, -0.05) is 6.07 Å². The van der Waals surface area contributed by atoms with E-state index in [9.17, 15) is 18.0 Å². The lowest BCUT2D eigenvalue weighted by molar-refractivity contribution is -0.116. The van der Waals surface area contributed by atoms with Crippen molar-refractivity contribution < 1.29 is 22.7 Å². The molecule has 3 rings (SSSR count). The molecular formula is C19H26N2O5S. The number of nitrogens with one attached hydrogen (secondary N) is 1. The molecule has 2 atom stereocenters. The quantitative estimate of drug-likeness (QED) is 0.821. The predicted molar refractivity (Wildman–Crippen MR) is 102 cm³/mol. The number of rotatable bonds is 5. The van der Waals surface area contributed by atoms with Crippen LogP contribution in [0.1, 0.15) is 36.5 Å². The molecule has 2 saturated heterocycles. The highest BCUT2D eigenvalue weighted by atomic mass is 32.2. The van der Waals surface area contributed by atoms with Crippen LogP contribution < -0.4 is 5.32 Å². The summed E-state index contributed by atoms with van der Waals surface area (Å²) in [6, 6.07) is 6.94. The van der Waals surface area contributed by atoms with Crippen molar-refractivity contribution in [3.05, 3.63) is 29.8 Å². The zero-order valence-corrected chi connectivity index (χ0v) is 16.3. The molecule has 7 nitrogen and oxygen atoms in total. The van der Waals surface area contributed by atoms with Crippen molar-refractivity contribution in [1.29, 1.82) is 0 Å². The van der Waals surface area contributed by atoms with E-state index in [1.807, 2.05) is 6.92 Å². The van der Waals surface area contributed by atoms with Crippen LogP contribution in [0.3, 0.4) is 0 Å². The lowest BCUT2D eigenvalue weighted by Gasteiger charge is -2.33. The molecule has 2 aliphatic heterocycles. The second kappa shape index (κ2) is 8.39. The Kier molecular flexibility index (Phi) is 6.16. The zero-order chi connectivity index (χ0) is 19.4. The van der Waals surface area contributed by atoms with Crippen LogP contribution in [0.5, 0.6) is 0 Å². The van der Waals surface area contributed by atoms with Crippen LogP contribution in [-0.2, 0) is 19.4 Å². The highest BCUT2D eigenvalue weighted by Gasteiger charge is 2.28. The fourth-order valence-corrected chi connectivity index (χ4v) is 5.49. The summed E-state index contributed by atoms with van der Waals surface area (Å²) < 4.78 is 28.3. The Bertz CT molecular complexity index is 808. The SMILES string of the molecule is CC1COCCN1C(=O)c1cccc(NC(=O)CCC2CCS(=O)(=O)C2)c1. The molecule has 148 valence electrons. The largest absolute Gasteiger partial charge is 0.377 e. The number of ether oxygens (including phenoxy) is 1. The first-order chi connectivity index (χ1) is 12.8. The molecule has 2 heterocycles. The van der Waals surface area contributed by atoms with Crippen LogP contribution in [0.25, 0.3) is 0 Å². The van der Waals surface area contributed by atoms with Gasteiger partial charge in [0.25, 0.3) is 5.91 Å². The lowest BCUT2D eigenvalue weighted by atomic mass is 10.0. The zero-order valence-electron chi connectivity index (χ0n) is 15.5. The van der Waals surface area contributed by atoms with Crippen LogP contribution in [0.2, 0.25) is 0 Å². The fraction of sp³-hybridized carbons (Fsp3) is 0.579. The van der Waals surface area contributed by atoms with Crippen molar-refractivity contribution in [2.24, 2.45) is 5.92 Å². The second-order valence-electron chi connectivity index (χ2n) is 7.36. The molecule has 1 aromatic carbocycles. The molecule has 2 unspecified atom stereocenters. The number of morpholine rings is 1. The van der Waals surface area contributed by atoms with Gasteiger partial charge in [0, 0.05) is 24.2 Å². The van der Waals surface area contributed by atoms with Crippen molar-refractivity contribution in [2.75, 3.05) is 36.6 Å². The molecule has 0 aliphatic carbocycles. The van der Waals surface area contributed by atoms with E-state index in [-0.39, 0.29) is 41.7 Å². The van der Waals surface area contributed by atoms with E-state index >= 15 is 0 Å². The monoisotopic (exact) mass is 394 g/mol. The minimum Gasteiger partial charge on any atom is -0.377 e. The average Bonchev–Trinajstić information content (AvgIpc) is 2.99.